The average molecular weight is 457 g/mol. The van der Waals surface area contributed by atoms with Crippen LogP contribution in [0.5, 0.6) is 0 Å². The third-order valence-electron chi connectivity index (χ3n) is 14.6. The second-order valence-electron chi connectivity index (χ2n) is 15.3. The lowest BCUT2D eigenvalue weighted by molar-refractivity contribution is -0.306. The zero-order valence-electron chi connectivity index (χ0n) is 22.9. The summed E-state index contributed by atoms with van der Waals surface area (Å²) in [6.45, 7) is 24.5. The van der Waals surface area contributed by atoms with Crippen LogP contribution >= 0.6 is 0 Å². The molecule has 0 heterocycles. The monoisotopic (exact) mass is 456 g/mol. The van der Waals surface area contributed by atoms with Gasteiger partial charge in [-0.1, -0.05) is 67.5 Å². The summed E-state index contributed by atoms with van der Waals surface area (Å²) in [7, 11) is 0. The van der Waals surface area contributed by atoms with E-state index in [0.717, 1.165) is 32.1 Å². The van der Waals surface area contributed by atoms with Gasteiger partial charge in [-0.15, -0.1) is 0 Å². The maximum Gasteiger partial charge on any atom is 0.0602 e. The summed E-state index contributed by atoms with van der Waals surface area (Å²) in [5, 5.41) is 22.8. The molecule has 0 amide bonds. The topological polar surface area (TPSA) is 40.5 Å². The second-order valence-corrected chi connectivity index (χ2v) is 15.3. The highest BCUT2D eigenvalue weighted by Crippen LogP contribution is 2.81. The number of hydrogen-bond acceptors (Lipinski definition) is 2. The van der Waals surface area contributed by atoms with Crippen LogP contribution in [-0.4, -0.2) is 22.4 Å². The van der Waals surface area contributed by atoms with E-state index < -0.39 is 0 Å². The molecule has 0 aromatic heterocycles. The molecule has 188 valence electrons. The predicted octanol–water partition coefficient (Wildman–Crippen LogP) is 7.39. The van der Waals surface area contributed by atoms with Crippen LogP contribution in [0.3, 0.4) is 0 Å². The molecule has 0 aliphatic heterocycles. The van der Waals surface area contributed by atoms with Crippen LogP contribution < -0.4 is 0 Å². The second kappa shape index (κ2) is 6.90. The van der Waals surface area contributed by atoms with Gasteiger partial charge in [0.1, 0.15) is 0 Å². The Morgan fingerprint density at radius 1 is 0.758 bits per heavy atom. The molecule has 0 saturated heterocycles. The first-order valence-corrected chi connectivity index (χ1v) is 14.1. The van der Waals surface area contributed by atoms with Crippen LogP contribution in [0.25, 0.3) is 0 Å². The lowest BCUT2D eigenvalue weighted by atomic mass is 9.27. The van der Waals surface area contributed by atoms with Gasteiger partial charge in [-0.3, -0.25) is 0 Å². The molecule has 5 fully saturated rings. The first-order valence-electron chi connectivity index (χ1n) is 14.1. The Hall–Kier alpha value is -0.340. The van der Waals surface area contributed by atoms with Crippen molar-refractivity contribution in [2.75, 3.05) is 0 Å². The van der Waals surface area contributed by atoms with E-state index in [2.05, 4.69) is 62.0 Å². The molecule has 33 heavy (non-hydrogen) atoms. The fraction of sp³-hybridized carbons (Fsp3) is 0.935. The zero-order valence-corrected chi connectivity index (χ0v) is 22.9. The standard InChI is InChI=1S/C31H52O2/c1-19-10-14-27(5)24(33)18-29(7)21(25(27)20(19)2)11-16-30(8)28(6)15-13-23(32)26(3,4)22(28)12-17-31(29,30)9/h20-25,32-33H,1,10-18H2,2-9H3/t20-,21-,22+,23+,24+,25-,27-,28+,29-,30-,31+/m1/s1. The minimum Gasteiger partial charge on any atom is -0.393 e. The van der Waals surface area contributed by atoms with Crippen LogP contribution in [0.1, 0.15) is 113 Å². The van der Waals surface area contributed by atoms with E-state index >= 15 is 0 Å². The molecule has 2 N–H and O–H groups in total. The number of allylic oxidation sites excluding steroid dienone is 1. The highest BCUT2D eigenvalue weighted by atomic mass is 16.3. The fourth-order valence-corrected chi connectivity index (χ4v) is 11.8. The highest BCUT2D eigenvalue weighted by molar-refractivity contribution is 5.25. The first kappa shape index (κ1) is 24.4. The van der Waals surface area contributed by atoms with Gasteiger partial charge in [0.25, 0.3) is 0 Å². The van der Waals surface area contributed by atoms with Crippen LogP contribution in [0.15, 0.2) is 12.2 Å². The largest absolute Gasteiger partial charge is 0.393 e. The lowest BCUT2D eigenvalue weighted by Gasteiger charge is -2.78. The highest BCUT2D eigenvalue weighted by Gasteiger charge is 2.75. The lowest BCUT2D eigenvalue weighted by Crippen LogP contribution is -2.72. The molecular formula is C31H52O2. The molecule has 5 saturated carbocycles. The van der Waals surface area contributed by atoms with Gasteiger partial charge < -0.3 is 10.2 Å². The molecule has 5 aliphatic rings. The van der Waals surface area contributed by atoms with Crippen molar-refractivity contribution in [2.24, 2.45) is 56.2 Å². The van der Waals surface area contributed by atoms with Crippen LogP contribution in [0, 0.1) is 56.2 Å². The third kappa shape index (κ3) is 2.59. The van der Waals surface area contributed by atoms with Crippen molar-refractivity contribution < 1.29 is 10.2 Å². The first-order chi connectivity index (χ1) is 15.1. The fourth-order valence-electron chi connectivity index (χ4n) is 11.8. The SMILES string of the molecule is C=C1CC[C@@]2(C)[C@H]([C@@H]1C)[C@H]1CC[C@@]3(C)[C@@](C)(CC[C@H]4C(C)(C)[C@@H](O)CC[C@@]43C)[C@]1(C)C[C@@H]2O. The van der Waals surface area contributed by atoms with Crippen molar-refractivity contribution in [1.82, 2.24) is 0 Å². The van der Waals surface area contributed by atoms with E-state index in [-0.39, 0.29) is 44.7 Å². The summed E-state index contributed by atoms with van der Waals surface area (Å²) in [4.78, 5) is 0. The van der Waals surface area contributed by atoms with Crippen molar-refractivity contribution >= 4 is 0 Å². The quantitative estimate of drug-likeness (QED) is 0.373. The van der Waals surface area contributed by atoms with E-state index in [0.29, 0.717) is 23.7 Å². The van der Waals surface area contributed by atoms with Crippen LogP contribution in [0.4, 0.5) is 0 Å². The molecule has 0 spiro atoms. The van der Waals surface area contributed by atoms with Crippen molar-refractivity contribution in [1.29, 1.82) is 0 Å². The normalized spacial score (nSPS) is 60.2. The molecule has 5 rings (SSSR count). The molecule has 11 atom stereocenters. The average Bonchev–Trinajstić information content (AvgIpc) is 2.72. The molecular weight excluding hydrogens is 404 g/mol. The van der Waals surface area contributed by atoms with Crippen molar-refractivity contribution in [3.05, 3.63) is 12.2 Å². The minimum absolute atomic E-state index is 0.0185. The third-order valence-corrected chi connectivity index (χ3v) is 14.6. The predicted molar refractivity (Wildman–Crippen MR) is 137 cm³/mol. The Kier molecular flexibility index (Phi) is 5.10. The summed E-state index contributed by atoms with van der Waals surface area (Å²) >= 11 is 0. The minimum atomic E-state index is -0.214. The zero-order chi connectivity index (χ0) is 24.4. The van der Waals surface area contributed by atoms with Gasteiger partial charge in [0.2, 0.25) is 0 Å². The summed E-state index contributed by atoms with van der Waals surface area (Å²) < 4.78 is 0. The number of hydrogen-bond donors (Lipinski definition) is 2. The van der Waals surface area contributed by atoms with Crippen molar-refractivity contribution in [3.8, 4) is 0 Å². The van der Waals surface area contributed by atoms with E-state index in [1.165, 1.54) is 31.3 Å². The van der Waals surface area contributed by atoms with E-state index in [4.69, 9.17) is 0 Å². The molecule has 2 nitrogen and oxygen atoms in total. The van der Waals surface area contributed by atoms with Gasteiger partial charge in [-0.05, 0) is 114 Å². The Morgan fingerprint density at radius 2 is 1.36 bits per heavy atom. The van der Waals surface area contributed by atoms with Gasteiger partial charge in [0, 0.05) is 0 Å². The Labute approximate surface area is 204 Å². The molecule has 5 aliphatic carbocycles. The Morgan fingerprint density at radius 3 is 2.03 bits per heavy atom. The molecule has 0 unspecified atom stereocenters. The van der Waals surface area contributed by atoms with Crippen LogP contribution in [0.2, 0.25) is 0 Å². The number of rotatable bonds is 0. The van der Waals surface area contributed by atoms with Gasteiger partial charge in [0.15, 0.2) is 0 Å². The van der Waals surface area contributed by atoms with Crippen molar-refractivity contribution in [3.63, 3.8) is 0 Å². The van der Waals surface area contributed by atoms with Crippen molar-refractivity contribution in [2.45, 2.75) is 125 Å². The van der Waals surface area contributed by atoms with Crippen LogP contribution in [-0.2, 0) is 0 Å². The van der Waals surface area contributed by atoms with Gasteiger partial charge in [-0.2, -0.15) is 0 Å². The number of aliphatic hydroxyl groups excluding tert-OH is 2. The Balaban J connectivity index is 1.62. The summed E-state index contributed by atoms with van der Waals surface area (Å²) in [6, 6.07) is 0. The molecule has 0 radical (unpaired) electrons. The maximum atomic E-state index is 11.8. The summed E-state index contributed by atoms with van der Waals surface area (Å²) in [5.41, 5.74) is 2.25. The van der Waals surface area contributed by atoms with E-state index in [1.54, 1.807) is 0 Å². The molecule has 2 heteroatoms. The molecule has 0 aromatic carbocycles. The summed E-state index contributed by atoms with van der Waals surface area (Å²) in [6.07, 6.45) is 9.88. The molecule has 0 bridgehead atoms. The van der Waals surface area contributed by atoms with E-state index in [1.807, 2.05) is 0 Å². The molecule has 0 aromatic rings. The van der Waals surface area contributed by atoms with Gasteiger partial charge in [-0.25, -0.2) is 0 Å². The van der Waals surface area contributed by atoms with Gasteiger partial charge in [0.05, 0.1) is 12.2 Å². The number of aliphatic hydroxyl groups is 2. The maximum absolute atomic E-state index is 11.8. The number of fused-ring (bicyclic) bond motifs is 7. The van der Waals surface area contributed by atoms with E-state index in [9.17, 15) is 10.2 Å². The smallest absolute Gasteiger partial charge is 0.0602 e. The summed E-state index contributed by atoms with van der Waals surface area (Å²) in [5.74, 6) is 2.29. The Bertz CT molecular complexity index is 846. The van der Waals surface area contributed by atoms with Gasteiger partial charge >= 0.3 is 0 Å².